The first-order valence-corrected chi connectivity index (χ1v) is 8.02. The molecule has 110 valence electrons. The summed E-state index contributed by atoms with van der Waals surface area (Å²) < 4.78 is 13.8. The molecule has 0 saturated carbocycles. The molecule has 1 fully saturated rings. The van der Waals surface area contributed by atoms with E-state index in [2.05, 4.69) is 26.2 Å². The monoisotopic (exact) mass is 376 g/mol. The highest BCUT2D eigenvalue weighted by molar-refractivity contribution is 9.10. The van der Waals surface area contributed by atoms with Crippen LogP contribution in [0.4, 0.5) is 10.1 Å². The summed E-state index contributed by atoms with van der Waals surface area (Å²) >= 11 is 4.66. The van der Waals surface area contributed by atoms with Gasteiger partial charge in [0.2, 0.25) is 0 Å². The molecule has 0 spiro atoms. The van der Waals surface area contributed by atoms with Gasteiger partial charge in [0.25, 0.3) is 5.91 Å². The average molecular weight is 377 g/mol. The van der Waals surface area contributed by atoms with Gasteiger partial charge in [0.15, 0.2) is 5.17 Å². The van der Waals surface area contributed by atoms with Crippen LogP contribution in [0.25, 0.3) is 6.08 Å². The molecule has 1 aliphatic rings. The quantitative estimate of drug-likeness (QED) is 0.785. The Morgan fingerprint density at radius 3 is 2.68 bits per heavy atom. The fourth-order valence-electron chi connectivity index (χ4n) is 1.86. The number of hydrogen-bond donors (Lipinski definition) is 1. The standard InChI is InChI=1S/C16H10BrFN2OS/c17-11-3-1-2-10(8-11)9-14-15(21)20-16(22-14)19-13-6-4-12(18)5-7-13/h1-9H,(H,19,20,21)/b14-9-. The Hall–Kier alpha value is -1.92. The fourth-order valence-corrected chi connectivity index (χ4v) is 3.12. The SMILES string of the molecule is O=C1NC(=Nc2ccc(F)cc2)S/C1=C\c1cccc(Br)c1. The summed E-state index contributed by atoms with van der Waals surface area (Å²) in [5.74, 6) is -0.506. The van der Waals surface area contributed by atoms with Gasteiger partial charge >= 0.3 is 0 Å². The zero-order valence-electron chi connectivity index (χ0n) is 11.2. The lowest BCUT2D eigenvalue weighted by atomic mass is 10.2. The molecule has 3 rings (SSSR count). The van der Waals surface area contributed by atoms with Crippen molar-refractivity contribution in [2.45, 2.75) is 0 Å². The molecule has 0 radical (unpaired) electrons. The van der Waals surface area contributed by atoms with Gasteiger partial charge in [-0.15, -0.1) is 0 Å². The third kappa shape index (κ3) is 3.64. The minimum absolute atomic E-state index is 0.189. The molecule has 22 heavy (non-hydrogen) atoms. The number of rotatable bonds is 2. The van der Waals surface area contributed by atoms with Gasteiger partial charge in [-0.1, -0.05) is 28.1 Å². The van der Waals surface area contributed by atoms with Gasteiger partial charge in [-0.25, -0.2) is 9.38 Å². The lowest BCUT2D eigenvalue weighted by Gasteiger charge is -1.96. The van der Waals surface area contributed by atoms with Crippen LogP contribution in [0.1, 0.15) is 5.56 Å². The van der Waals surface area contributed by atoms with E-state index in [1.54, 1.807) is 18.2 Å². The number of nitrogens with zero attached hydrogens (tertiary/aromatic N) is 1. The molecule has 2 aromatic carbocycles. The van der Waals surface area contributed by atoms with Crippen LogP contribution in [-0.2, 0) is 4.79 Å². The van der Waals surface area contributed by atoms with Crippen molar-refractivity contribution in [2.75, 3.05) is 0 Å². The second kappa shape index (κ2) is 6.46. The number of benzene rings is 2. The number of halogens is 2. The van der Waals surface area contributed by atoms with Crippen LogP contribution < -0.4 is 5.32 Å². The Labute approximate surface area is 139 Å². The molecule has 0 aromatic heterocycles. The number of amides is 1. The molecule has 1 N–H and O–H groups in total. The van der Waals surface area contributed by atoms with Crippen molar-refractivity contribution in [2.24, 2.45) is 4.99 Å². The summed E-state index contributed by atoms with van der Waals surface area (Å²) in [7, 11) is 0. The number of carbonyl (C=O) groups is 1. The van der Waals surface area contributed by atoms with Gasteiger partial charge in [-0.2, -0.15) is 0 Å². The second-order valence-corrected chi connectivity index (χ2v) is 6.46. The summed E-state index contributed by atoms with van der Waals surface area (Å²) in [6.07, 6.45) is 1.80. The molecule has 0 atom stereocenters. The van der Waals surface area contributed by atoms with Gasteiger partial charge in [0, 0.05) is 4.47 Å². The van der Waals surface area contributed by atoms with Crippen LogP contribution >= 0.6 is 27.7 Å². The Bertz CT molecular complexity index is 787. The molecule has 6 heteroatoms. The molecular weight excluding hydrogens is 367 g/mol. The van der Waals surface area contributed by atoms with E-state index in [0.717, 1.165) is 10.0 Å². The molecule has 1 saturated heterocycles. The van der Waals surface area contributed by atoms with Crippen LogP contribution in [0, 0.1) is 5.82 Å². The van der Waals surface area contributed by atoms with Crippen molar-refractivity contribution >= 4 is 50.5 Å². The van der Waals surface area contributed by atoms with Crippen LogP contribution in [-0.4, -0.2) is 11.1 Å². The summed E-state index contributed by atoms with van der Waals surface area (Å²) in [6, 6.07) is 13.5. The number of hydrogen-bond acceptors (Lipinski definition) is 3. The topological polar surface area (TPSA) is 41.5 Å². The van der Waals surface area contributed by atoms with Crippen LogP contribution in [0.2, 0.25) is 0 Å². The maximum atomic E-state index is 12.9. The third-order valence-electron chi connectivity index (χ3n) is 2.85. The van der Waals surface area contributed by atoms with E-state index >= 15 is 0 Å². The Balaban J connectivity index is 1.82. The summed E-state index contributed by atoms with van der Waals surface area (Å²) in [5, 5.41) is 3.19. The van der Waals surface area contributed by atoms with E-state index in [1.165, 1.54) is 23.9 Å². The summed E-state index contributed by atoms with van der Waals surface area (Å²) in [6.45, 7) is 0. The number of nitrogens with one attached hydrogen (secondary N) is 1. The molecule has 0 bridgehead atoms. The largest absolute Gasteiger partial charge is 0.300 e. The molecule has 0 aliphatic carbocycles. The van der Waals surface area contributed by atoms with E-state index in [-0.39, 0.29) is 11.7 Å². The molecule has 0 unspecified atom stereocenters. The average Bonchev–Trinajstić information content (AvgIpc) is 2.81. The highest BCUT2D eigenvalue weighted by atomic mass is 79.9. The van der Waals surface area contributed by atoms with E-state index < -0.39 is 0 Å². The van der Waals surface area contributed by atoms with Crippen molar-refractivity contribution < 1.29 is 9.18 Å². The smallest absolute Gasteiger partial charge is 0.264 e. The van der Waals surface area contributed by atoms with E-state index in [1.807, 2.05) is 24.3 Å². The van der Waals surface area contributed by atoms with Gasteiger partial charge < -0.3 is 5.32 Å². The number of carbonyl (C=O) groups excluding carboxylic acids is 1. The van der Waals surface area contributed by atoms with E-state index in [9.17, 15) is 9.18 Å². The van der Waals surface area contributed by atoms with Crippen LogP contribution in [0.5, 0.6) is 0 Å². The third-order valence-corrected chi connectivity index (χ3v) is 4.26. The number of thioether (sulfide) groups is 1. The predicted octanol–water partition coefficient (Wildman–Crippen LogP) is 4.48. The lowest BCUT2D eigenvalue weighted by molar-refractivity contribution is -0.115. The lowest BCUT2D eigenvalue weighted by Crippen LogP contribution is -2.19. The summed E-state index contributed by atoms with van der Waals surface area (Å²) in [4.78, 5) is 16.8. The first kappa shape index (κ1) is 15.0. The Morgan fingerprint density at radius 2 is 1.95 bits per heavy atom. The second-order valence-electron chi connectivity index (χ2n) is 4.51. The molecule has 1 amide bonds. The van der Waals surface area contributed by atoms with E-state index in [0.29, 0.717) is 15.8 Å². The highest BCUT2D eigenvalue weighted by Crippen LogP contribution is 2.28. The maximum absolute atomic E-state index is 12.9. The van der Waals surface area contributed by atoms with Crippen molar-refractivity contribution in [3.63, 3.8) is 0 Å². The minimum Gasteiger partial charge on any atom is -0.300 e. The summed E-state index contributed by atoms with van der Waals surface area (Å²) in [5.41, 5.74) is 1.52. The number of aliphatic imine (C=N–C) groups is 1. The van der Waals surface area contributed by atoms with E-state index in [4.69, 9.17) is 0 Å². The molecule has 1 aliphatic heterocycles. The first-order chi connectivity index (χ1) is 10.6. The number of amidine groups is 1. The Morgan fingerprint density at radius 1 is 1.18 bits per heavy atom. The van der Waals surface area contributed by atoms with Crippen LogP contribution in [0.15, 0.2) is 62.9 Å². The van der Waals surface area contributed by atoms with Gasteiger partial charge in [0.05, 0.1) is 10.6 Å². The van der Waals surface area contributed by atoms with Gasteiger partial charge in [-0.3, -0.25) is 4.79 Å². The van der Waals surface area contributed by atoms with Gasteiger partial charge in [-0.05, 0) is 59.8 Å². The molecule has 2 aromatic rings. The molecule has 3 nitrogen and oxygen atoms in total. The molecular formula is C16H10BrFN2OS. The minimum atomic E-state index is -0.317. The van der Waals surface area contributed by atoms with Crippen molar-refractivity contribution in [3.05, 3.63) is 69.3 Å². The maximum Gasteiger partial charge on any atom is 0.264 e. The predicted molar refractivity (Wildman–Crippen MR) is 91.3 cm³/mol. The first-order valence-electron chi connectivity index (χ1n) is 6.41. The highest BCUT2D eigenvalue weighted by Gasteiger charge is 2.23. The van der Waals surface area contributed by atoms with Crippen molar-refractivity contribution in [3.8, 4) is 0 Å². The van der Waals surface area contributed by atoms with Crippen LogP contribution in [0.3, 0.4) is 0 Å². The van der Waals surface area contributed by atoms with Crippen molar-refractivity contribution in [1.82, 2.24) is 5.32 Å². The Kier molecular flexibility index (Phi) is 4.40. The van der Waals surface area contributed by atoms with Gasteiger partial charge in [0.1, 0.15) is 5.82 Å². The zero-order valence-corrected chi connectivity index (χ0v) is 13.6. The zero-order chi connectivity index (χ0) is 15.5. The molecule has 1 heterocycles. The van der Waals surface area contributed by atoms with Crippen molar-refractivity contribution in [1.29, 1.82) is 0 Å². The fraction of sp³-hybridized carbons (Fsp3) is 0. The normalized spacial score (nSPS) is 18.0.